The van der Waals surface area contributed by atoms with Crippen molar-refractivity contribution < 1.29 is 18.9 Å². The van der Waals surface area contributed by atoms with Crippen LogP contribution in [0.25, 0.3) is 0 Å². The summed E-state index contributed by atoms with van der Waals surface area (Å²) >= 11 is 0. The average molecular weight is 332 g/mol. The van der Waals surface area contributed by atoms with Crippen molar-refractivity contribution in [3.05, 3.63) is 54.4 Å². The van der Waals surface area contributed by atoms with E-state index in [0.717, 1.165) is 18.0 Å². The van der Waals surface area contributed by atoms with Gasteiger partial charge in [0.1, 0.15) is 5.82 Å². The fraction of sp³-hybridized carbons (Fsp3) is 0.333. The molecule has 2 amide bonds. The Kier molecular flexibility index (Phi) is 6.69. The first-order valence-electron chi connectivity index (χ1n) is 8.05. The molecule has 24 heavy (non-hydrogen) atoms. The third kappa shape index (κ3) is 5.62. The molecule has 0 aromatic heterocycles. The summed E-state index contributed by atoms with van der Waals surface area (Å²) in [6.45, 7) is 4.98. The number of allylic oxidation sites excluding steroid dienone is 3. The molecular weight excluding hydrogens is 309 g/mol. The van der Waals surface area contributed by atoms with E-state index in [0.29, 0.717) is 25.3 Å². The van der Waals surface area contributed by atoms with Crippen molar-refractivity contribution in [2.45, 2.75) is 6.92 Å². The lowest BCUT2D eigenvalue weighted by Gasteiger charge is -2.31. The Morgan fingerprint density at radius 1 is 1.21 bits per heavy atom. The van der Waals surface area contributed by atoms with E-state index >= 15 is 0 Å². The summed E-state index contributed by atoms with van der Waals surface area (Å²) in [6, 6.07) is 5.70. The standard InChI is InChI=1S/C18H22FN3O2/c1-2-3-4-5-18(24)22-12-10-21(11-13-22)14-17(23)20-16-8-6-15(19)7-9-16/h2-9H,10-14H2,1H3,(H,20,23)/p+1/b3-2+,5-4+. The molecule has 0 saturated carbocycles. The fourth-order valence-corrected chi connectivity index (χ4v) is 2.54. The lowest BCUT2D eigenvalue weighted by Crippen LogP contribution is -3.15. The van der Waals surface area contributed by atoms with Gasteiger partial charge in [0.2, 0.25) is 5.91 Å². The number of nitrogens with zero attached hydrogens (tertiary/aromatic N) is 1. The van der Waals surface area contributed by atoms with Crippen LogP contribution in [0.15, 0.2) is 48.6 Å². The molecule has 0 aliphatic carbocycles. The summed E-state index contributed by atoms with van der Waals surface area (Å²) < 4.78 is 12.8. The maximum atomic E-state index is 12.8. The summed E-state index contributed by atoms with van der Waals surface area (Å²) in [5.41, 5.74) is 0.587. The molecule has 0 atom stereocenters. The van der Waals surface area contributed by atoms with Gasteiger partial charge in [0.25, 0.3) is 5.91 Å². The third-order valence-corrected chi connectivity index (χ3v) is 3.86. The predicted octanol–water partition coefficient (Wildman–Crippen LogP) is 0.624. The molecule has 1 fully saturated rings. The minimum Gasteiger partial charge on any atom is -0.328 e. The Hall–Kier alpha value is -2.47. The Morgan fingerprint density at radius 3 is 2.50 bits per heavy atom. The SMILES string of the molecule is C/C=C/C=C/C(=O)N1CC[NH+](CC(=O)Nc2ccc(F)cc2)CC1. The van der Waals surface area contributed by atoms with Crippen LogP contribution in [0, 0.1) is 5.82 Å². The van der Waals surface area contributed by atoms with Crippen LogP contribution in [0.5, 0.6) is 0 Å². The van der Waals surface area contributed by atoms with Crippen LogP contribution >= 0.6 is 0 Å². The number of benzene rings is 1. The zero-order valence-electron chi connectivity index (χ0n) is 13.8. The quantitative estimate of drug-likeness (QED) is 0.614. The molecule has 1 heterocycles. The van der Waals surface area contributed by atoms with Gasteiger partial charge in [0, 0.05) is 11.8 Å². The van der Waals surface area contributed by atoms with Crippen LogP contribution < -0.4 is 10.2 Å². The van der Waals surface area contributed by atoms with E-state index in [2.05, 4.69) is 5.32 Å². The normalized spacial score (nSPS) is 16.0. The smallest absolute Gasteiger partial charge is 0.279 e. The van der Waals surface area contributed by atoms with Gasteiger partial charge in [-0.15, -0.1) is 0 Å². The molecule has 5 nitrogen and oxygen atoms in total. The summed E-state index contributed by atoms with van der Waals surface area (Å²) in [6.07, 6.45) is 6.98. The highest BCUT2D eigenvalue weighted by molar-refractivity contribution is 5.91. The van der Waals surface area contributed by atoms with E-state index in [-0.39, 0.29) is 17.6 Å². The largest absolute Gasteiger partial charge is 0.328 e. The van der Waals surface area contributed by atoms with Crippen molar-refractivity contribution in [1.29, 1.82) is 0 Å². The van der Waals surface area contributed by atoms with Crippen molar-refractivity contribution in [2.75, 3.05) is 38.0 Å². The summed E-state index contributed by atoms with van der Waals surface area (Å²) in [4.78, 5) is 26.9. The molecule has 6 heteroatoms. The Labute approximate surface area is 141 Å². The number of halogens is 1. The lowest BCUT2D eigenvalue weighted by molar-refractivity contribution is -0.895. The van der Waals surface area contributed by atoms with Crippen molar-refractivity contribution >= 4 is 17.5 Å². The second-order valence-corrected chi connectivity index (χ2v) is 5.69. The first-order valence-corrected chi connectivity index (χ1v) is 8.05. The number of carbonyl (C=O) groups excluding carboxylic acids is 2. The maximum Gasteiger partial charge on any atom is 0.279 e. The highest BCUT2D eigenvalue weighted by Gasteiger charge is 2.24. The van der Waals surface area contributed by atoms with Crippen molar-refractivity contribution in [1.82, 2.24) is 4.90 Å². The predicted molar refractivity (Wildman–Crippen MR) is 91.1 cm³/mol. The van der Waals surface area contributed by atoms with Crippen LogP contribution in [0.2, 0.25) is 0 Å². The number of hydrogen-bond donors (Lipinski definition) is 2. The van der Waals surface area contributed by atoms with Crippen molar-refractivity contribution in [3.63, 3.8) is 0 Å². The monoisotopic (exact) mass is 332 g/mol. The van der Waals surface area contributed by atoms with Gasteiger partial charge in [0.05, 0.1) is 26.2 Å². The zero-order valence-corrected chi connectivity index (χ0v) is 13.8. The van der Waals surface area contributed by atoms with Gasteiger partial charge >= 0.3 is 0 Å². The molecule has 128 valence electrons. The van der Waals surface area contributed by atoms with Gasteiger partial charge in [-0.25, -0.2) is 4.39 Å². The molecule has 1 aromatic carbocycles. The number of piperazine rings is 1. The van der Waals surface area contributed by atoms with E-state index in [1.54, 1.807) is 17.1 Å². The minimum absolute atomic E-state index is 0.00270. The number of anilines is 1. The molecule has 1 aromatic rings. The molecule has 0 radical (unpaired) electrons. The first-order chi connectivity index (χ1) is 11.6. The average Bonchev–Trinajstić information content (AvgIpc) is 2.58. The molecular formula is C18H23FN3O2+. The topological polar surface area (TPSA) is 53.9 Å². The molecule has 2 N–H and O–H groups in total. The van der Waals surface area contributed by atoms with Crippen molar-refractivity contribution in [2.24, 2.45) is 0 Å². The third-order valence-electron chi connectivity index (χ3n) is 3.86. The summed E-state index contributed by atoms with van der Waals surface area (Å²) in [7, 11) is 0. The number of carbonyl (C=O) groups is 2. The first kappa shape index (κ1) is 17.9. The second-order valence-electron chi connectivity index (χ2n) is 5.69. The van der Waals surface area contributed by atoms with Gasteiger partial charge < -0.3 is 15.1 Å². The second kappa shape index (κ2) is 8.98. The maximum absolute atomic E-state index is 12.8. The summed E-state index contributed by atoms with van der Waals surface area (Å²) in [5.74, 6) is -0.435. The summed E-state index contributed by atoms with van der Waals surface area (Å²) in [5, 5.41) is 2.76. The number of amides is 2. The number of quaternary nitrogens is 1. The molecule has 1 aliphatic rings. The van der Waals surface area contributed by atoms with Crippen LogP contribution in [0.1, 0.15) is 6.92 Å². The van der Waals surface area contributed by atoms with Gasteiger partial charge in [-0.3, -0.25) is 9.59 Å². The molecule has 1 saturated heterocycles. The number of nitrogens with one attached hydrogen (secondary N) is 2. The van der Waals surface area contributed by atoms with E-state index in [9.17, 15) is 14.0 Å². The Morgan fingerprint density at radius 2 is 1.88 bits per heavy atom. The van der Waals surface area contributed by atoms with Crippen molar-refractivity contribution in [3.8, 4) is 0 Å². The van der Waals surface area contributed by atoms with Gasteiger partial charge in [0.15, 0.2) is 6.54 Å². The van der Waals surface area contributed by atoms with Gasteiger partial charge in [-0.1, -0.05) is 18.2 Å². The lowest BCUT2D eigenvalue weighted by atomic mass is 10.2. The molecule has 0 unspecified atom stereocenters. The zero-order chi connectivity index (χ0) is 17.4. The van der Waals surface area contributed by atoms with Crippen LogP contribution in [-0.2, 0) is 9.59 Å². The molecule has 0 spiro atoms. The van der Waals surface area contributed by atoms with Gasteiger partial charge in [-0.2, -0.15) is 0 Å². The Bertz CT molecular complexity index is 618. The highest BCUT2D eigenvalue weighted by Crippen LogP contribution is 2.07. The van der Waals surface area contributed by atoms with Gasteiger partial charge in [-0.05, 0) is 31.2 Å². The van der Waals surface area contributed by atoms with Crippen LogP contribution in [0.4, 0.5) is 10.1 Å². The molecule has 0 bridgehead atoms. The molecule has 1 aliphatic heterocycles. The van der Waals surface area contributed by atoms with Crippen LogP contribution in [0.3, 0.4) is 0 Å². The van der Waals surface area contributed by atoms with E-state index < -0.39 is 0 Å². The van der Waals surface area contributed by atoms with E-state index in [4.69, 9.17) is 0 Å². The highest BCUT2D eigenvalue weighted by atomic mass is 19.1. The molecule has 2 rings (SSSR count). The number of rotatable bonds is 5. The van der Waals surface area contributed by atoms with E-state index in [1.807, 2.05) is 19.1 Å². The Balaban J connectivity index is 1.75. The number of hydrogen-bond acceptors (Lipinski definition) is 2. The van der Waals surface area contributed by atoms with Crippen LogP contribution in [-0.4, -0.2) is 49.4 Å². The minimum atomic E-state index is -0.331. The van der Waals surface area contributed by atoms with E-state index in [1.165, 1.54) is 24.3 Å². The fourth-order valence-electron chi connectivity index (χ4n) is 2.54.